The van der Waals surface area contributed by atoms with E-state index in [-0.39, 0.29) is 0 Å². The first-order valence-corrected chi connectivity index (χ1v) is 8.46. The normalized spacial score (nSPS) is 18.1. The number of anilines is 3. The molecule has 0 aliphatic carbocycles. The van der Waals surface area contributed by atoms with Crippen molar-refractivity contribution in [1.82, 2.24) is 9.97 Å². The van der Waals surface area contributed by atoms with Gasteiger partial charge in [-0.1, -0.05) is 13.0 Å². The summed E-state index contributed by atoms with van der Waals surface area (Å²) in [5.74, 6) is 2.45. The van der Waals surface area contributed by atoms with Gasteiger partial charge in [0.05, 0.1) is 0 Å². The van der Waals surface area contributed by atoms with Crippen molar-refractivity contribution in [2.45, 2.75) is 40.5 Å². The van der Waals surface area contributed by atoms with Crippen LogP contribution >= 0.6 is 0 Å². The second kappa shape index (κ2) is 6.57. The summed E-state index contributed by atoms with van der Waals surface area (Å²) in [4.78, 5) is 11.7. The quantitative estimate of drug-likeness (QED) is 0.913. The van der Waals surface area contributed by atoms with Gasteiger partial charge in [0.1, 0.15) is 5.82 Å². The topological polar surface area (TPSA) is 41.1 Å². The first kappa shape index (κ1) is 15.8. The molecule has 1 aliphatic heterocycles. The highest BCUT2D eigenvalue weighted by molar-refractivity contribution is 5.57. The monoisotopic (exact) mass is 310 g/mol. The molecule has 2 heterocycles. The molecule has 1 unspecified atom stereocenters. The van der Waals surface area contributed by atoms with Crippen LogP contribution in [0, 0.1) is 26.7 Å². The SMILES string of the molecule is Cc1cc(N2CCCC(C)C2)nc(Nc2ccc(C)c(C)c2)n1. The number of hydrogen-bond donors (Lipinski definition) is 1. The molecule has 0 spiro atoms. The Balaban J connectivity index is 1.83. The number of hydrogen-bond acceptors (Lipinski definition) is 4. The Morgan fingerprint density at radius 3 is 2.65 bits per heavy atom. The van der Waals surface area contributed by atoms with E-state index in [0.29, 0.717) is 5.95 Å². The van der Waals surface area contributed by atoms with Gasteiger partial charge in [-0.05, 0) is 62.8 Å². The highest BCUT2D eigenvalue weighted by Crippen LogP contribution is 2.24. The first-order chi connectivity index (χ1) is 11.0. The van der Waals surface area contributed by atoms with E-state index in [9.17, 15) is 0 Å². The standard InChI is InChI=1S/C19H26N4/c1-13-6-5-9-23(12-13)18-11-16(4)20-19(22-18)21-17-8-7-14(2)15(3)10-17/h7-8,10-11,13H,5-6,9,12H2,1-4H3,(H,20,21,22). The molecular formula is C19H26N4. The molecule has 2 aromatic rings. The van der Waals surface area contributed by atoms with Gasteiger partial charge in [0, 0.05) is 30.5 Å². The van der Waals surface area contributed by atoms with Crippen molar-refractivity contribution in [3.8, 4) is 0 Å². The van der Waals surface area contributed by atoms with Crippen molar-refractivity contribution in [3.05, 3.63) is 41.1 Å². The zero-order chi connectivity index (χ0) is 16.4. The summed E-state index contributed by atoms with van der Waals surface area (Å²) in [6, 6.07) is 8.44. The zero-order valence-electron chi connectivity index (χ0n) is 14.6. The molecule has 4 nitrogen and oxygen atoms in total. The van der Waals surface area contributed by atoms with Crippen LogP contribution in [0.4, 0.5) is 17.5 Å². The molecule has 1 aliphatic rings. The average molecular weight is 310 g/mol. The summed E-state index contributed by atoms with van der Waals surface area (Å²) in [6.07, 6.45) is 2.55. The van der Waals surface area contributed by atoms with Crippen LogP contribution in [-0.2, 0) is 0 Å². The first-order valence-electron chi connectivity index (χ1n) is 8.46. The Morgan fingerprint density at radius 2 is 1.91 bits per heavy atom. The maximum atomic E-state index is 4.74. The van der Waals surface area contributed by atoms with Gasteiger partial charge < -0.3 is 10.2 Å². The molecule has 0 bridgehead atoms. The molecule has 3 rings (SSSR count). The van der Waals surface area contributed by atoms with Gasteiger partial charge in [-0.15, -0.1) is 0 Å². The van der Waals surface area contributed by atoms with Crippen molar-refractivity contribution >= 4 is 17.5 Å². The van der Waals surface area contributed by atoms with Crippen molar-refractivity contribution in [1.29, 1.82) is 0 Å². The summed E-state index contributed by atoms with van der Waals surface area (Å²) < 4.78 is 0. The average Bonchev–Trinajstić information content (AvgIpc) is 2.50. The highest BCUT2D eigenvalue weighted by atomic mass is 15.2. The van der Waals surface area contributed by atoms with Crippen LogP contribution in [0.5, 0.6) is 0 Å². The van der Waals surface area contributed by atoms with Gasteiger partial charge >= 0.3 is 0 Å². The third-order valence-electron chi connectivity index (χ3n) is 4.58. The van der Waals surface area contributed by atoms with Crippen molar-refractivity contribution < 1.29 is 0 Å². The van der Waals surface area contributed by atoms with Crippen molar-refractivity contribution in [2.75, 3.05) is 23.3 Å². The zero-order valence-corrected chi connectivity index (χ0v) is 14.6. The summed E-state index contributed by atoms with van der Waals surface area (Å²) in [5.41, 5.74) is 4.60. The number of aryl methyl sites for hydroxylation is 3. The third-order valence-corrected chi connectivity index (χ3v) is 4.58. The maximum absolute atomic E-state index is 4.74. The van der Waals surface area contributed by atoms with Gasteiger partial charge in [0.25, 0.3) is 0 Å². The van der Waals surface area contributed by atoms with Crippen LogP contribution in [-0.4, -0.2) is 23.1 Å². The Kier molecular flexibility index (Phi) is 4.51. The Hall–Kier alpha value is -2.10. The van der Waals surface area contributed by atoms with E-state index in [2.05, 4.69) is 60.2 Å². The fraction of sp³-hybridized carbons (Fsp3) is 0.474. The van der Waals surface area contributed by atoms with E-state index in [0.717, 1.165) is 36.2 Å². The molecule has 1 aromatic heterocycles. The predicted octanol–water partition coefficient (Wildman–Crippen LogP) is 4.38. The number of piperidine rings is 1. The van der Waals surface area contributed by atoms with Gasteiger partial charge in [-0.2, -0.15) is 4.98 Å². The largest absolute Gasteiger partial charge is 0.356 e. The summed E-state index contributed by atoms with van der Waals surface area (Å²) in [6.45, 7) is 10.8. The van der Waals surface area contributed by atoms with Gasteiger partial charge in [-0.3, -0.25) is 0 Å². The van der Waals surface area contributed by atoms with E-state index in [1.807, 2.05) is 6.92 Å². The van der Waals surface area contributed by atoms with Crippen LogP contribution in [0.1, 0.15) is 36.6 Å². The number of nitrogens with one attached hydrogen (secondary N) is 1. The number of nitrogens with zero attached hydrogens (tertiary/aromatic N) is 3. The van der Waals surface area contributed by atoms with Gasteiger partial charge in [0.15, 0.2) is 0 Å². The fourth-order valence-corrected chi connectivity index (χ4v) is 3.12. The lowest BCUT2D eigenvalue weighted by molar-refractivity contribution is 0.444. The lowest BCUT2D eigenvalue weighted by Gasteiger charge is -2.32. The minimum Gasteiger partial charge on any atom is -0.356 e. The van der Waals surface area contributed by atoms with Crippen molar-refractivity contribution in [2.24, 2.45) is 5.92 Å². The van der Waals surface area contributed by atoms with E-state index < -0.39 is 0 Å². The predicted molar refractivity (Wildman–Crippen MR) is 96.6 cm³/mol. The van der Waals surface area contributed by atoms with E-state index in [1.165, 1.54) is 24.0 Å². The van der Waals surface area contributed by atoms with Crippen LogP contribution in [0.15, 0.2) is 24.3 Å². The molecule has 1 saturated heterocycles. The molecule has 23 heavy (non-hydrogen) atoms. The molecule has 0 amide bonds. The van der Waals surface area contributed by atoms with Crippen LogP contribution in [0.3, 0.4) is 0 Å². The van der Waals surface area contributed by atoms with E-state index in [1.54, 1.807) is 0 Å². The van der Waals surface area contributed by atoms with Crippen LogP contribution < -0.4 is 10.2 Å². The Bertz CT molecular complexity index is 696. The minimum absolute atomic E-state index is 0.682. The van der Waals surface area contributed by atoms with Crippen LogP contribution in [0.25, 0.3) is 0 Å². The Labute approximate surface area is 139 Å². The summed E-state index contributed by atoms with van der Waals surface area (Å²) in [5, 5.41) is 3.35. The van der Waals surface area contributed by atoms with E-state index >= 15 is 0 Å². The van der Waals surface area contributed by atoms with Crippen molar-refractivity contribution in [3.63, 3.8) is 0 Å². The minimum atomic E-state index is 0.682. The molecule has 0 radical (unpaired) electrons. The molecule has 4 heteroatoms. The van der Waals surface area contributed by atoms with Gasteiger partial charge in [0.2, 0.25) is 5.95 Å². The highest BCUT2D eigenvalue weighted by Gasteiger charge is 2.18. The maximum Gasteiger partial charge on any atom is 0.229 e. The fourth-order valence-electron chi connectivity index (χ4n) is 3.12. The lowest BCUT2D eigenvalue weighted by Crippen LogP contribution is -2.35. The van der Waals surface area contributed by atoms with Crippen LogP contribution in [0.2, 0.25) is 0 Å². The molecule has 1 N–H and O–H groups in total. The number of benzene rings is 1. The molecule has 1 atom stereocenters. The molecule has 122 valence electrons. The summed E-state index contributed by atoms with van der Waals surface area (Å²) in [7, 11) is 0. The second-order valence-corrected chi connectivity index (χ2v) is 6.81. The van der Waals surface area contributed by atoms with E-state index in [4.69, 9.17) is 4.98 Å². The molecular weight excluding hydrogens is 284 g/mol. The number of aromatic nitrogens is 2. The third kappa shape index (κ3) is 3.81. The lowest BCUT2D eigenvalue weighted by atomic mass is 10.0. The molecule has 1 fully saturated rings. The Morgan fingerprint density at radius 1 is 1.09 bits per heavy atom. The second-order valence-electron chi connectivity index (χ2n) is 6.81. The van der Waals surface area contributed by atoms with Gasteiger partial charge in [-0.25, -0.2) is 4.98 Å². The smallest absolute Gasteiger partial charge is 0.229 e. The summed E-state index contributed by atoms with van der Waals surface area (Å²) >= 11 is 0. The number of rotatable bonds is 3. The molecule has 0 saturated carbocycles. The molecule has 1 aromatic carbocycles.